The van der Waals surface area contributed by atoms with Crippen LogP contribution in [0.3, 0.4) is 0 Å². The molecule has 37 heavy (non-hydrogen) atoms. The molecule has 2 amide bonds. The first-order chi connectivity index (χ1) is 17.3. The van der Waals surface area contributed by atoms with Gasteiger partial charge in [0.2, 0.25) is 0 Å². The maximum absolute atomic E-state index is 13.5. The van der Waals surface area contributed by atoms with E-state index in [1.807, 2.05) is 0 Å². The van der Waals surface area contributed by atoms with E-state index in [0.29, 0.717) is 34.3 Å². The van der Waals surface area contributed by atoms with Crippen LogP contribution in [0.4, 0.5) is 31.1 Å². The number of esters is 1. The Bertz CT molecular complexity index is 1440. The highest BCUT2D eigenvalue weighted by Crippen LogP contribution is 2.38. The van der Waals surface area contributed by atoms with Crippen LogP contribution in [0.5, 0.6) is 0 Å². The number of carbonyl (C=O) groups is 3. The van der Waals surface area contributed by atoms with Crippen LogP contribution in [0.1, 0.15) is 22.3 Å². The van der Waals surface area contributed by atoms with Crippen LogP contribution in [-0.2, 0) is 33.2 Å². The van der Waals surface area contributed by atoms with Gasteiger partial charge in [0.05, 0.1) is 23.1 Å². The van der Waals surface area contributed by atoms with Gasteiger partial charge in [0.25, 0.3) is 11.1 Å². The van der Waals surface area contributed by atoms with Crippen molar-refractivity contribution in [1.82, 2.24) is 9.47 Å². The zero-order valence-corrected chi connectivity index (χ0v) is 19.6. The van der Waals surface area contributed by atoms with Crippen LogP contribution in [-0.4, -0.2) is 40.2 Å². The highest BCUT2D eigenvalue weighted by molar-refractivity contribution is 8.18. The lowest BCUT2D eigenvalue weighted by Gasteiger charge is -2.17. The predicted octanol–water partition coefficient (Wildman–Crippen LogP) is 5.94. The minimum atomic E-state index is -4.98. The molecule has 1 aromatic heterocycles. The first-order valence-electron chi connectivity index (χ1n) is 10.5. The minimum absolute atomic E-state index is 0.0762. The predicted molar refractivity (Wildman–Crippen MR) is 122 cm³/mol. The summed E-state index contributed by atoms with van der Waals surface area (Å²) in [6, 6.07) is 7.93. The smallest absolute Gasteiger partial charge is 0.416 e. The topological polar surface area (TPSA) is 68.6 Å². The van der Waals surface area contributed by atoms with E-state index in [0.717, 1.165) is 18.1 Å². The fourth-order valence-corrected chi connectivity index (χ4v) is 4.60. The van der Waals surface area contributed by atoms with E-state index in [1.54, 1.807) is 24.3 Å². The molecule has 194 valence electrons. The Kier molecular flexibility index (Phi) is 6.84. The highest BCUT2D eigenvalue weighted by atomic mass is 32.2. The van der Waals surface area contributed by atoms with E-state index < -0.39 is 47.1 Å². The van der Waals surface area contributed by atoms with Gasteiger partial charge in [0, 0.05) is 23.6 Å². The number of thioether (sulfide) groups is 1. The SMILES string of the molecule is COC(=O)CN1C(=O)SC(=Cc2ccc3c(ccn3Cc3ccc(C(F)(F)F)cc3C(F)(F)F)c2)C1=O. The summed E-state index contributed by atoms with van der Waals surface area (Å²) < 4.78 is 85.3. The van der Waals surface area contributed by atoms with Crippen molar-refractivity contribution in [2.24, 2.45) is 0 Å². The van der Waals surface area contributed by atoms with Gasteiger partial charge in [-0.2, -0.15) is 26.3 Å². The monoisotopic (exact) mass is 542 g/mol. The first-order valence-corrected chi connectivity index (χ1v) is 11.3. The van der Waals surface area contributed by atoms with Crippen LogP contribution in [0.2, 0.25) is 0 Å². The number of imide groups is 1. The molecule has 0 bridgehead atoms. The molecule has 1 fully saturated rings. The molecule has 1 aliphatic heterocycles. The van der Waals surface area contributed by atoms with Gasteiger partial charge in [-0.05, 0) is 59.3 Å². The summed E-state index contributed by atoms with van der Waals surface area (Å²) in [7, 11) is 1.13. The minimum Gasteiger partial charge on any atom is -0.468 e. The molecule has 1 aliphatic rings. The summed E-state index contributed by atoms with van der Waals surface area (Å²) in [5.74, 6) is -1.42. The molecule has 4 rings (SSSR count). The maximum Gasteiger partial charge on any atom is 0.416 e. The van der Waals surface area contributed by atoms with Crippen molar-refractivity contribution in [3.8, 4) is 0 Å². The second-order valence-corrected chi connectivity index (χ2v) is 8.97. The summed E-state index contributed by atoms with van der Waals surface area (Å²) in [6.07, 6.45) is -6.96. The highest BCUT2D eigenvalue weighted by Gasteiger charge is 2.38. The number of hydrogen-bond donors (Lipinski definition) is 0. The Balaban J connectivity index is 1.61. The van der Waals surface area contributed by atoms with Crippen molar-refractivity contribution in [3.63, 3.8) is 0 Å². The standard InChI is InChI=1S/C24H16F6N2O4S/c1-36-20(33)12-32-21(34)19(37-22(32)35)9-13-2-5-18-14(8-13)6-7-31(18)11-15-3-4-16(23(25,26)27)10-17(15)24(28,29)30/h2-10H,11-12H2,1H3. The number of amides is 2. The summed E-state index contributed by atoms with van der Waals surface area (Å²) in [5, 5.41) is -0.0473. The number of fused-ring (bicyclic) bond motifs is 1. The van der Waals surface area contributed by atoms with Crippen LogP contribution in [0.25, 0.3) is 17.0 Å². The number of ether oxygens (including phenoxy) is 1. The van der Waals surface area contributed by atoms with E-state index in [1.165, 1.54) is 16.8 Å². The molecule has 0 spiro atoms. The molecule has 0 aliphatic carbocycles. The molecule has 13 heteroatoms. The third kappa shape index (κ3) is 5.50. The van der Waals surface area contributed by atoms with Crippen LogP contribution in [0, 0.1) is 0 Å². The molecule has 2 aromatic carbocycles. The Morgan fingerprint density at radius 2 is 1.73 bits per heavy atom. The van der Waals surface area contributed by atoms with E-state index in [4.69, 9.17) is 0 Å². The van der Waals surface area contributed by atoms with E-state index in [2.05, 4.69) is 4.74 Å². The van der Waals surface area contributed by atoms with E-state index >= 15 is 0 Å². The Morgan fingerprint density at radius 3 is 2.38 bits per heavy atom. The summed E-state index contributed by atoms with van der Waals surface area (Å²) >= 11 is 0.647. The average molecular weight is 542 g/mol. The molecule has 6 nitrogen and oxygen atoms in total. The summed E-state index contributed by atoms with van der Waals surface area (Å²) in [4.78, 5) is 36.8. The lowest BCUT2D eigenvalue weighted by molar-refractivity contribution is -0.144. The molecule has 2 heterocycles. The third-order valence-corrected chi connectivity index (χ3v) is 6.47. The number of methoxy groups -OCH3 is 1. The molecule has 0 N–H and O–H groups in total. The molecule has 0 unspecified atom stereocenters. The largest absolute Gasteiger partial charge is 0.468 e. The van der Waals surface area contributed by atoms with Crippen molar-refractivity contribution >= 4 is 45.9 Å². The second kappa shape index (κ2) is 9.61. The number of nitrogens with zero attached hydrogens (tertiary/aromatic N) is 2. The van der Waals surface area contributed by atoms with Crippen molar-refractivity contribution in [1.29, 1.82) is 0 Å². The number of rotatable bonds is 5. The number of carbonyl (C=O) groups excluding carboxylic acids is 3. The molecule has 1 saturated heterocycles. The van der Waals surface area contributed by atoms with Gasteiger partial charge in [-0.3, -0.25) is 19.3 Å². The molecule has 3 aromatic rings. The lowest BCUT2D eigenvalue weighted by atomic mass is 10.0. The van der Waals surface area contributed by atoms with Crippen molar-refractivity contribution in [2.75, 3.05) is 13.7 Å². The van der Waals surface area contributed by atoms with Gasteiger partial charge in [0.1, 0.15) is 6.54 Å². The average Bonchev–Trinajstić information content (AvgIpc) is 3.33. The van der Waals surface area contributed by atoms with Gasteiger partial charge < -0.3 is 9.30 Å². The van der Waals surface area contributed by atoms with Crippen molar-refractivity contribution in [3.05, 3.63) is 75.8 Å². The normalized spacial score (nSPS) is 15.8. The Labute approximate surface area is 209 Å². The number of alkyl halides is 6. The molecular formula is C24H16F6N2O4S. The van der Waals surface area contributed by atoms with Crippen LogP contribution >= 0.6 is 11.8 Å². The Morgan fingerprint density at radius 1 is 1.00 bits per heavy atom. The van der Waals surface area contributed by atoms with E-state index in [9.17, 15) is 40.7 Å². The van der Waals surface area contributed by atoms with Gasteiger partial charge in [-0.1, -0.05) is 12.1 Å². The van der Waals surface area contributed by atoms with E-state index in [-0.39, 0.29) is 23.1 Å². The van der Waals surface area contributed by atoms with Crippen molar-refractivity contribution in [2.45, 2.75) is 18.9 Å². The third-order valence-electron chi connectivity index (χ3n) is 5.56. The molecule has 0 atom stereocenters. The number of aromatic nitrogens is 1. The zero-order valence-electron chi connectivity index (χ0n) is 18.8. The van der Waals surface area contributed by atoms with Gasteiger partial charge in [-0.15, -0.1) is 0 Å². The first kappa shape index (κ1) is 26.3. The van der Waals surface area contributed by atoms with Gasteiger partial charge >= 0.3 is 18.3 Å². The fraction of sp³-hybridized carbons (Fsp3) is 0.208. The van der Waals surface area contributed by atoms with Gasteiger partial charge in [0.15, 0.2) is 0 Å². The molecule has 0 saturated carbocycles. The Hall–Kier alpha value is -3.74. The molecule has 0 radical (unpaired) electrons. The zero-order chi connectivity index (χ0) is 27.1. The fourth-order valence-electron chi connectivity index (χ4n) is 3.77. The quantitative estimate of drug-likeness (QED) is 0.227. The maximum atomic E-state index is 13.5. The van der Waals surface area contributed by atoms with Gasteiger partial charge in [-0.25, -0.2) is 0 Å². The lowest BCUT2D eigenvalue weighted by Crippen LogP contribution is -2.34. The van der Waals surface area contributed by atoms with Crippen LogP contribution < -0.4 is 0 Å². The summed E-state index contributed by atoms with van der Waals surface area (Å²) in [5.41, 5.74) is -2.07. The second-order valence-electron chi connectivity index (χ2n) is 7.97. The van der Waals surface area contributed by atoms with Crippen LogP contribution in [0.15, 0.2) is 53.6 Å². The van der Waals surface area contributed by atoms with Crippen molar-refractivity contribution < 1.29 is 45.5 Å². The number of hydrogen-bond acceptors (Lipinski definition) is 5. The number of benzene rings is 2. The number of halogens is 6. The molecular weight excluding hydrogens is 526 g/mol. The summed E-state index contributed by atoms with van der Waals surface area (Å²) in [6.45, 7) is -0.855.